The Bertz CT molecular complexity index is 517. The normalized spacial score (nSPS) is 10.4. The summed E-state index contributed by atoms with van der Waals surface area (Å²) in [5, 5.41) is 5.01. The average molecular weight is 229 g/mol. The van der Waals surface area contributed by atoms with Gasteiger partial charge in [-0.3, -0.25) is 4.79 Å². The summed E-state index contributed by atoms with van der Waals surface area (Å²) < 4.78 is 5.07. The quantitative estimate of drug-likeness (QED) is 0.875. The number of ether oxygens (including phenoxy) is 1. The second-order valence-corrected chi connectivity index (χ2v) is 3.71. The van der Waals surface area contributed by atoms with Crippen molar-refractivity contribution >= 4 is 22.4 Å². The van der Waals surface area contributed by atoms with Crippen LogP contribution < -0.4 is 5.32 Å². The molecule has 2 aromatic rings. The summed E-state index contributed by atoms with van der Waals surface area (Å²) in [6, 6.07) is 13.8. The highest BCUT2D eigenvalue weighted by Crippen LogP contribution is 2.22. The monoisotopic (exact) mass is 229 g/mol. The van der Waals surface area contributed by atoms with Gasteiger partial charge in [-0.2, -0.15) is 0 Å². The van der Waals surface area contributed by atoms with Gasteiger partial charge in [-0.05, 0) is 18.4 Å². The highest BCUT2D eigenvalue weighted by Gasteiger charge is 2.04. The molecule has 17 heavy (non-hydrogen) atoms. The Balaban J connectivity index is 2.21. The minimum absolute atomic E-state index is 0.0969. The van der Waals surface area contributed by atoms with Crippen LogP contribution in [-0.2, 0) is 9.53 Å². The van der Waals surface area contributed by atoms with Gasteiger partial charge in [0.1, 0.15) is 6.61 Å². The standard InChI is InChI=1S/C14H15NO2/c1-2-17-10-14(16)15-13-9-5-7-11-6-3-4-8-12(11)13/h3-9H,2,10H2,1H3,(H,15,16). The number of fused-ring (bicyclic) bond motifs is 1. The molecule has 3 heteroatoms. The van der Waals surface area contributed by atoms with E-state index < -0.39 is 0 Å². The van der Waals surface area contributed by atoms with E-state index in [-0.39, 0.29) is 12.5 Å². The Labute approximate surface area is 100 Å². The van der Waals surface area contributed by atoms with Crippen molar-refractivity contribution in [1.29, 1.82) is 0 Å². The summed E-state index contributed by atoms with van der Waals surface area (Å²) in [4.78, 5) is 11.6. The molecule has 0 bridgehead atoms. The van der Waals surface area contributed by atoms with Gasteiger partial charge in [-0.1, -0.05) is 36.4 Å². The molecule has 2 aromatic carbocycles. The maximum absolute atomic E-state index is 11.6. The van der Waals surface area contributed by atoms with Crippen LogP contribution in [0.3, 0.4) is 0 Å². The Morgan fingerprint density at radius 2 is 1.94 bits per heavy atom. The zero-order valence-electron chi connectivity index (χ0n) is 9.77. The third-order valence-electron chi connectivity index (χ3n) is 2.50. The van der Waals surface area contributed by atoms with E-state index in [9.17, 15) is 4.79 Å². The highest BCUT2D eigenvalue weighted by atomic mass is 16.5. The summed E-state index contributed by atoms with van der Waals surface area (Å²) in [6.07, 6.45) is 0. The second kappa shape index (κ2) is 5.46. The number of hydrogen-bond donors (Lipinski definition) is 1. The first-order valence-corrected chi connectivity index (χ1v) is 5.66. The summed E-state index contributed by atoms with van der Waals surface area (Å²) in [5.74, 6) is -0.122. The van der Waals surface area contributed by atoms with Crippen molar-refractivity contribution in [2.24, 2.45) is 0 Å². The lowest BCUT2D eigenvalue weighted by molar-refractivity contribution is -0.120. The molecule has 1 N–H and O–H groups in total. The smallest absolute Gasteiger partial charge is 0.250 e. The topological polar surface area (TPSA) is 38.3 Å². The first-order valence-electron chi connectivity index (χ1n) is 5.66. The molecular weight excluding hydrogens is 214 g/mol. The maximum atomic E-state index is 11.6. The predicted molar refractivity (Wildman–Crippen MR) is 69.1 cm³/mol. The molecule has 0 radical (unpaired) electrons. The van der Waals surface area contributed by atoms with Gasteiger partial charge in [0.25, 0.3) is 0 Å². The van der Waals surface area contributed by atoms with Crippen LogP contribution >= 0.6 is 0 Å². The van der Waals surface area contributed by atoms with E-state index in [2.05, 4.69) is 5.32 Å². The number of hydrogen-bond acceptors (Lipinski definition) is 2. The molecule has 0 atom stereocenters. The summed E-state index contributed by atoms with van der Waals surface area (Å²) in [5.41, 5.74) is 0.827. The van der Waals surface area contributed by atoms with E-state index in [1.54, 1.807) is 0 Å². The Morgan fingerprint density at radius 3 is 2.76 bits per heavy atom. The molecule has 88 valence electrons. The van der Waals surface area contributed by atoms with Gasteiger partial charge >= 0.3 is 0 Å². The third-order valence-corrected chi connectivity index (χ3v) is 2.50. The number of nitrogens with one attached hydrogen (secondary N) is 1. The summed E-state index contributed by atoms with van der Waals surface area (Å²) in [7, 11) is 0. The first kappa shape index (κ1) is 11.6. The molecule has 0 unspecified atom stereocenters. The van der Waals surface area contributed by atoms with Crippen molar-refractivity contribution in [1.82, 2.24) is 0 Å². The molecule has 0 saturated heterocycles. The maximum Gasteiger partial charge on any atom is 0.250 e. The second-order valence-electron chi connectivity index (χ2n) is 3.71. The molecule has 0 heterocycles. The van der Waals surface area contributed by atoms with Gasteiger partial charge in [0.15, 0.2) is 0 Å². The number of rotatable bonds is 4. The van der Waals surface area contributed by atoms with Gasteiger partial charge in [0.2, 0.25) is 5.91 Å². The largest absolute Gasteiger partial charge is 0.372 e. The van der Waals surface area contributed by atoms with Gasteiger partial charge in [-0.25, -0.2) is 0 Å². The van der Waals surface area contributed by atoms with E-state index in [0.29, 0.717) is 6.61 Å². The minimum atomic E-state index is -0.122. The fourth-order valence-electron chi connectivity index (χ4n) is 1.72. The Kier molecular flexibility index (Phi) is 3.73. The highest BCUT2D eigenvalue weighted by molar-refractivity contribution is 6.02. The zero-order valence-corrected chi connectivity index (χ0v) is 9.77. The predicted octanol–water partition coefficient (Wildman–Crippen LogP) is 2.81. The van der Waals surface area contributed by atoms with Gasteiger partial charge in [0.05, 0.1) is 0 Å². The molecule has 3 nitrogen and oxygen atoms in total. The summed E-state index contributed by atoms with van der Waals surface area (Å²) >= 11 is 0. The lowest BCUT2D eigenvalue weighted by atomic mass is 10.1. The van der Waals surface area contributed by atoms with Crippen LogP contribution in [0.2, 0.25) is 0 Å². The van der Waals surface area contributed by atoms with Crippen molar-refractivity contribution in [3.05, 3.63) is 42.5 Å². The number of amides is 1. The van der Waals surface area contributed by atoms with Gasteiger partial charge in [0, 0.05) is 17.7 Å². The molecule has 1 amide bonds. The zero-order chi connectivity index (χ0) is 12.1. The van der Waals surface area contributed by atoms with Gasteiger partial charge < -0.3 is 10.1 Å². The fourth-order valence-corrected chi connectivity index (χ4v) is 1.72. The Hall–Kier alpha value is -1.87. The SMILES string of the molecule is CCOCC(=O)Nc1cccc2ccccc12. The lowest BCUT2D eigenvalue weighted by Crippen LogP contribution is -2.18. The van der Waals surface area contributed by atoms with Crippen molar-refractivity contribution in [2.75, 3.05) is 18.5 Å². The fraction of sp³-hybridized carbons (Fsp3) is 0.214. The lowest BCUT2D eigenvalue weighted by Gasteiger charge is -2.08. The molecule has 0 spiro atoms. The van der Waals surface area contributed by atoms with E-state index in [4.69, 9.17) is 4.74 Å². The molecule has 0 fully saturated rings. The van der Waals surface area contributed by atoms with E-state index >= 15 is 0 Å². The molecular formula is C14H15NO2. The van der Waals surface area contributed by atoms with Crippen molar-refractivity contribution in [3.63, 3.8) is 0 Å². The van der Waals surface area contributed by atoms with Crippen molar-refractivity contribution < 1.29 is 9.53 Å². The number of benzene rings is 2. The van der Waals surface area contributed by atoms with Crippen LogP contribution in [0.25, 0.3) is 10.8 Å². The van der Waals surface area contributed by atoms with Crippen LogP contribution in [0.4, 0.5) is 5.69 Å². The molecule has 0 aliphatic heterocycles. The van der Waals surface area contributed by atoms with Crippen LogP contribution in [0.5, 0.6) is 0 Å². The van der Waals surface area contributed by atoms with Crippen LogP contribution in [0.1, 0.15) is 6.92 Å². The van der Waals surface area contributed by atoms with Crippen LogP contribution in [-0.4, -0.2) is 19.1 Å². The van der Waals surface area contributed by atoms with Crippen molar-refractivity contribution in [2.45, 2.75) is 6.92 Å². The molecule has 0 aliphatic rings. The average Bonchev–Trinajstić information content (AvgIpc) is 2.37. The van der Waals surface area contributed by atoms with Crippen molar-refractivity contribution in [3.8, 4) is 0 Å². The third kappa shape index (κ3) is 2.82. The summed E-state index contributed by atoms with van der Waals surface area (Å²) in [6.45, 7) is 2.51. The van der Waals surface area contributed by atoms with Crippen LogP contribution in [0.15, 0.2) is 42.5 Å². The van der Waals surface area contributed by atoms with E-state index in [0.717, 1.165) is 16.5 Å². The first-order chi connectivity index (χ1) is 8.31. The molecule has 0 saturated carbocycles. The Morgan fingerprint density at radius 1 is 1.18 bits per heavy atom. The molecule has 0 aromatic heterocycles. The minimum Gasteiger partial charge on any atom is -0.372 e. The van der Waals surface area contributed by atoms with E-state index in [1.807, 2.05) is 49.4 Å². The number of carbonyl (C=O) groups is 1. The van der Waals surface area contributed by atoms with Crippen LogP contribution in [0, 0.1) is 0 Å². The molecule has 0 aliphatic carbocycles. The van der Waals surface area contributed by atoms with Gasteiger partial charge in [-0.15, -0.1) is 0 Å². The number of anilines is 1. The number of carbonyl (C=O) groups excluding carboxylic acids is 1. The molecule has 2 rings (SSSR count). The van der Waals surface area contributed by atoms with E-state index in [1.165, 1.54) is 0 Å².